The second-order valence-corrected chi connectivity index (χ2v) is 6.62. The number of nitrogens with zero attached hydrogens (tertiary/aromatic N) is 4. The van der Waals surface area contributed by atoms with Crippen molar-refractivity contribution in [2.24, 2.45) is 0 Å². The first-order valence-corrected chi connectivity index (χ1v) is 8.31. The molecule has 0 atom stereocenters. The van der Waals surface area contributed by atoms with Gasteiger partial charge < -0.3 is 0 Å². The van der Waals surface area contributed by atoms with Gasteiger partial charge in [0.05, 0.1) is 16.9 Å². The summed E-state index contributed by atoms with van der Waals surface area (Å²) in [6, 6.07) is 5.64. The van der Waals surface area contributed by atoms with Crippen LogP contribution in [0.4, 0.5) is 0 Å². The molecule has 6 heteroatoms. The molecular weight excluding hydrogens is 308 g/mol. The third kappa shape index (κ3) is 3.15. The molecule has 0 unspecified atom stereocenters. The summed E-state index contributed by atoms with van der Waals surface area (Å²) in [5, 5.41) is 12.1. The lowest BCUT2D eigenvalue weighted by Gasteiger charge is -2.04. The molecule has 3 rings (SSSR count). The van der Waals surface area contributed by atoms with Crippen molar-refractivity contribution in [1.29, 1.82) is 5.26 Å². The highest BCUT2D eigenvalue weighted by Crippen LogP contribution is 2.19. The van der Waals surface area contributed by atoms with Crippen molar-refractivity contribution in [1.82, 2.24) is 14.4 Å². The molecule has 0 aliphatic carbocycles. The normalized spacial score (nSPS) is 11.0. The summed E-state index contributed by atoms with van der Waals surface area (Å²) < 4.78 is 1.41. The van der Waals surface area contributed by atoms with Gasteiger partial charge in [0, 0.05) is 18.0 Å². The van der Waals surface area contributed by atoms with Gasteiger partial charge in [-0.05, 0) is 30.0 Å². The second kappa shape index (κ2) is 6.31. The smallest absolute Gasteiger partial charge is 0.267 e. The van der Waals surface area contributed by atoms with E-state index in [0.717, 1.165) is 29.1 Å². The molecule has 3 aromatic heterocycles. The number of thiazole rings is 1. The number of pyridine rings is 1. The Morgan fingerprint density at radius 1 is 1.39 bits per heavy atom. The summed E-state index contributed by atoms with van der Waals surface area (Å²) in [7, 11) is 0. The van der Waals surface area contributed by atoms with Crippen LogP contribution < -0.4 is 5.56 Å². The van der Waals surface area contributed by atoms with Crippen LogP contribution in [0, 0.1) is 11.3 Å². The zero-order valence-corrected chi connectivity index (χ0v) is 13.8. The van der Waals surface area contributed by atoms with Crippen molar-refractivity contribution in [3.63, 3.8) is 0 Å². The first kappa shape index (κ1) is 15.4. The highest BCUT2D eigenvalue weighted by Gasteiger charge is 2.07. The Balaban J connectivity index is 1.81. The van der Waals surface area contributed by atoms with Crippen LogP contribution in [-0.4, -0.2) is 14.4 Å². The van der Waals surface area contributed by atoms with Gasteiger partial charge >= 0.3 is 0 Å². The molecule has 0 radical (unpaired) electrons. The average Bonchev–Trinajstić information content (AvgIpc) is 3.02. The Labute approximate surface area is 137 Å². The Morgan fingerprint density at radius 2 is 2.22 bits per heavy atom. The van der Waals surface area contributed by atoms with Gasteiger partial charge in [-0.2, -0.15) is 5.26 Å². The van der Waals surface area contributed by atoms with Crippen LogP contribution in [0.3, 0.4) is 0 Å². The minimum atomic E-state index is -0.328. The van der Waals surface area contributed by atoms with Gasteiger partial charge in [-0.1, -0.05) is 13.8 Å². The van der Waals surface area contributed by atoms with Crippen LogP contribution in [0.25, 0.3) is 5.65 Å². The molecule has 23 heavy (non-hydrogen) atoms. The molecule has 0 fully saturated rings. The molecule has 0 amide bonds. The van der Waals surface area contributed by atoms with Gasteiger partial charge in [-0.25, -0.2) is 9.97 Å². The molecule has 3 heterocycles. The van der Waals surface area contributed by atoms with E-state index in [1.54, 1.807) is 17.5 Å². The molecule has 0 aliphatic heterocycles. The van der Waals surface area contributed by atoms with Crippen LogP contribution in [0.2, 0.25) is 0 Å². The van der Waals surface area contributed by atoms with E-state index in [2.05, 4.69) is 29.2 Å². The maximum Gasteiger partial charge on any atom is 0.275 e. The summed E-state index contributed by atoms with van der Waals surface area (Å²) in [6.45, 7) is 4.28. The van der Waals surface area contributed by atoms with E-state index in [4.69, 9.17) is 5.26 Å². The van der Waals surface area contributed by atoms with Crippen LogP contribution in [0.5, 0.6) is 0 Å². The standard InChI is InChI=1S/C17H16N4OS/c1-11(2)14-10-23-16(20-14)4-3-12-5-6-21-15(7-12)19-9-13(8-18)17(21)22/h5-7,9-11H,3-4H2,1-2H3. The van der Waals surface area contributed by atoms with Crippen molar-refractivity contribution in [3.8, 4) is 6.07 Å². The summed E-state index contributed by atoms with van der Waals surface area (Å²) >= 11 is 1.69. The van der Waals surface area contributed by atoms with Crippen LogP contribution in [0.15, 0.2) is 34.7 Å². The van der Waals surface area contributed by atoms with Crippen LogP contribution in [0.1, 0.15) is 41.6 Å². The molecule has 0 saturated heterocycles. The van der Waals surface area contributed by atoms with Crippen molar-refractivity contribution < 1.29 is 0 Å². The van der Waals surface area contributed by atoms with E-state index in [1.807, 2.05) is 18.2 Å². The summed E-state index contributed by atoms with van der Waals surface area (Å²) in [6.07, 6.45) is 4.73. The van der Waals surface area contributed by atoms with Crippen molar-refractivity contribution in [2.45, 2.75) is 32.6 Å². The number of fused-ring (bicyclic) bond motifs is 1. The molecule has 3 aromatic rings. The topological polar surface area (TPSA) is 71.0 Å². The molecule has 0 saturated carbocycles. The molecule has 0 bridgehead atoms. The maximum absolute atomic E-state index is 12.0. The maximum atomic E-state index is 12.0. The van der Waals surface area contributed by atoms with Gasteiger partial charge in [0.2, 0.25) is 0 Å². The third-order valence-corrected chi connectivity index (χ3v) is 4.61. The quantitative estimate of drug-likeness (QED) is 0.740. The van der Waals surface area contributed by atoms with Crippen LogP contribution >= 0.6 is 11.3 Å². The fourth-order valence-electron chi connectivity index (χ4n) is 2.31. The van der Waals surface area contributed by atoms with E-state index in [1.165, 1.54) is 10.6 Å². The van der Waals surface area contributed by atoms with Gasteiger partial charge in [-0.15, -0.1) is 11.3 Å². The van der Waals surface area contributed by atoms with Gasteiger partial charge in [0.1, 0.15) is 17.3 Å². The fraction of sp³-hybridized carbons (Fsp3) is 0.294. The monoisotopic (exact) mass is 324 g/mol. The fourth-order valence-corrected chi connectivity index (χ4v) is 3.27. The Kier molecular flexibility index (Phi) is 4.22. The molecule has 0 N–H and O–H groups in total. The predicted molar refractivity (Wildman–Crippen MR) is 89.8 cm³/mol. The summed E-state index contributed by atoms with van der Waals surface area (Å²) in [4.78, 5) is 20.8. The van der Waals surface area contributed by atoms with E-state index in [-0.39, 0.29) is 11.1 Å². The van der Waals surface area contributed by atoms with Crippen LogP contribution in [-0.2, 0) is 12.8 Å². The highest BCUT2D eigenvalue weighted by atomic mass is 32.1. The molecule has 0 aliphatic rings. The SMILES string of the molecule is CC(C)c1csc(CCc2ccn3c(=O)c(C#N)cnc3c2)n1. The summed E-state index contributed by atoms with van der Waals surface area (Å²) in [5.74, 6) is 0.450. The van der Waals surface area contributed by atoms with E-state index in [9.17, 15) is 4.79 Å². The zero-order valence-electron chi connectivity index (χ0n) is 13.0. The first-order valence-electron chi connectivity index (χ1n) is 7.43. The predicted octanol–water partition coefficient (Wildman–Crippen LogP) is 2.93. The molecule has 116 valence electrons. The number of nitriles is 1. The number of hydrogen-bond donors (Lipinski definition) is 0. The summed E-state index contributed by atoms with van der Waals surface area (Å²) in [5.41, 5.74) is 2.53. The van der Waals surface area contributed by atoms with Crippen molar-refractivity contribution >= 4 is 17.0 Å². The number of aromatic nitrogens is 3. The first-order chi connectivity index (χ1) is 11.1. The average molecular weight is 324 g/mol. The molecule has 5 nitrogen and oxygen atoms in total. The number of aryl methyl sites for hydroxylation is 2. The Bertz CT molecular complexity index is 949. The Morgan fingerprint density at radius 3 is 2.91 bits per heavy atom. The van der Waals surface area contributed by atoms with Gasteiger partial charge in [0.25, 0.3) is 5.56 Å². The molecule has 0 aromatic carbocycles. The third-order valence-electron chi connectivity index (χ3n) is 3.68. The second-order valence-electron chi connectivity index (χ2n) is 5.67. The lowest BCUT2D eigenvalue weighted by Crippen LogP contribution is -2.17. The van der Waals surface area contributed by atoms with E-state index < -0.39 is 0 Å². The van der Waals surface area contributed by atoms with E-state index in [0.29, 0.717) is 11.6 Å². The lowest BCUT2D eigenvalue weighted by molar-refractivity contribution is 0.816. The highest BCUT2D eigenvalue weighted by molar-refractivity contribution is 7.09. The Hall–Kier alpha value is -2.52. The van der Waals surface area contributed by atoms with E-state index >= 15 is 0 Å². The van der Waals surface area contributed by atoms with Crippen molar-refractivity contribution in [3.05, 3.63) is 62.1 Å². The minimum absolute atomic E-state index is 0.0549. The van der Waals surface area contributed by atoms with Crippen molar-refractivity contribution in [2.75, 3.05) is 0 Å². The molecule has 0 spiro atoms. The number of rotatable bonds is 4. The minimum Gasteiger partial charge on any atom is -0.267 e. The molecular formula is C17H16N4OS. The van der Waals surface area contributed by atoms with Gasteiger partial charge in [0.15, 0.2) is 0 Å². The number of hydrogen-bond acceptors (Lipinski definition) is 5. The zero-order chi connectivity index (χ0) is 16.4. The lowest BCUT2D eigenvalue weighted by atomic mass is 10.1. The van der Waals surface area contributed by atoms with Gasteiger partial charge in [-0.3, -0.25) is 9.20 Å². The largest absolute Gasteiger partial charge is 0.275 e.